The van der Waals surface area contributed by atoms with Crippen molar-refractivity contribution in [1.29, 1.82) is 0 Å². The van der Waals surface area contributed by atoms with Crippen LogP contribution in [0.15, 0.2) is 91.3 Å². The zero-order valence-corrected chi connectivity index (χ0v) is 33.2. The summed E-state index contributed by atoms with van der Waals surface area (Å²) >= 11 is 0. The number of carbonyl (C=O) groups is 5. The third-order valence-electron chi connectivity index (χ3n) is 11.4. The van der Waals surface area contributed by atoms with Crippen molar-refractivity contribution in [3.63, 3.8) is 0 Å². The predicted octanol–water partition coefficient (Wildman–Crippen LogP) is 5.73. The number of imidazole rings is 1. The summed E-state index contributed by atoms with van der Waals surface area (Å²) in [4.78, 5) is 80.2. The van der Waals surface area contributed by atoms with Gasteiger partial charge < -0.3 is 29.8 Å². The predicted molar refractivity (Wildman–Crippen MR) is 223 cm³/mol. The molecule has 4 amide bonds. The van der Waals surface area contributed by atoms with Crippen LogP contribution in [0.5, 0.6) is 0 Å². The van der Waals surface area contributed by atoms with Gasteiger partial charge in [0.15, 0.2) is 0 Å². The fourth-order valence-electron chi connectivity index (χ4n) is 8.19. The lowest BCUT2D eigenvalue weighted by Gasteiger charge is -2.28. The smallest absolute Gasteiger partial charge is 0.270 e. The van der Waals surface area contributed by atoms with Gasteiger partial charge in [-0.3, -0.25) is 29.1 Å². The van der Waals surface area contributed by atoms with Gasteiger partial charge in [-0.15, -0.1) is 0 Å². The van der Waals surface area contributed by atoms with Crippen LogP contribution in [0.2, 0.25) is 0 Å². The fourth-order valence-corrected chi connectivity index (χ4v) is 8.19. The lowest BCUT2D eigenvalue weighted by atomic mass is 9.96. The fraction of sp³-hybridized carbons (Fsp3) is 0.261. The SMILES string of the molecule is CCc1nc(-c2cccc3cc(-c4ccc(C(=O)NCc5ccc(-c6cccc7c6CN(C(CCC=O)C(=O)NC)C7=O)cc5)nc4)ncc23)c2n1CCN(C(C)=O)C2. The highest BCUT2D eigenvalue weighted by molar-refractivity contribution is 6.03. The molecule has 1 atom stereocenters. The number of aromatic nitrogens is 4. The molecule has 13 heteroatoms. The summed E-state index contributed by atoms with van der Waals surface area (Å²) in [5, 5.41) is 7.53. The molecule has 2 N–H and O–H groups in total. The Balaban J connectivity index is 0.934. The van der Waals surface area contributed by atoms with E-state index in [4.69, 9.17) is 9.97 Å². The van der Waals surface area contributed by atoms with E-state index in [2.05, 4.69) is 33.2 Å². The summed E-state index contributed by atoms with van der Waals surface area (Å²) in [6.45, 7) is 6.17. The molecular weight excluding hydrogens is 745 g/mol. The first-order valence-corrected chi connectivity index (χ1v) is 19.8. The number of amides is 4. The molecular formula is C46H44N8O5. The highest BCUT2D eigenvalue weighted by Crippen LogP contribution is 2.36. The molecule has 0 radical (unpaired) electrons. The number of pyridine rings is 2. The van der Waals surface area contributed by atoms with Crippen LogP contribution in [0.1, 0.15) is 70.2 Å². The first-order chi connectivity index (χ1) is 28.7. The summed E-state index contributed by atoms with van der Waals surface area (Å²) in [6.07, 6.45) is 5.49. The highest BCUT2D eigenvalue weighted by Gasteiger charge is 2.37. The van der Waals surface area contributed by atoms with Crippen LogP contribution in [-0.2, 0) is 47.0 Å². The van der Waals surface area contributed by atoms with E-state index in [0.29, 0.717) is 18.7 Å². The first-order valence-electron chi connectivity index (χ1n) is 19.8. The van der Waals surface area contributed by atoms with Crippen LogP contribution in [0.3, 0.4) is 0 Å². The van der Waals surface area contributed by atoms with E-state index in [9.17, 15) is 24.0 Å². The Morgan fingerprint density at radius 3 is 2.37 bits per heavy atom. The highest BCUT2D eigenvalue weighted by atomic mass is 16.2. The molecule has 0 saturated heterocycles. The zero-order valence-electron chi connectivity index (χ0n) is 33.2. The van der Waals surface area contributed by atoms with E-state index in [1.165, 1.54) is 11.9 Å². The molecule has 13 nitrogen and oxygen atoms in total. The largest absolute Gasteiger partial charge is 0.357 e. The van der Waals surface area contributed by atoms with Crippen LogP contribution >= 0.6 is 0 Å². The molecule has 0 saturated carbocycles. The van der Waals surface area contributed by atoms with Gasteiger partial charge in [-0.05, 0) is 58.3 Å². The molecule has 1 unspecified atom stereocenters. The summed E-state index contributed by atoms with van der Waals surface area (Å²) in [6, 6.07) is 24.2. The third kappa shape index (κ3) is 7.47. The Hall–Kier alpha value is -7.02. The molecule has 6 aromatic rings. The average Bonchev–Trinajstić information content (AvgIpc) is 3.82. The van der Waals surface area contributed by atoms with Crippen molar-refractivity contribution in [2.24, 2.45) is 0 Å². The van der Waals surface area contributed by atoms with E-state index in [1.807, 2.05) is 71.8 Å². The second-order valence-corrected chi connectivity index (χ2v) is 14.8. The van der Waals surface area contributed by atoms with Crippen molar-refractivity contribution in [3.05, 3.63) is 125 Å². The van der Waals surface area contributed by atoms with Crippen molar-refractivity contribution >= 4 is 40.7 Å². The summed E-state index contributed by atoms with van der Waals surface area (Å²) in [5.74, 6) is 0.220. The van der Waals surface area contributed by atoms with E-state index < -0.39 is 6.04 Å². The number of hydrogen-bond acceptors (Lipinski definition) is 8. The number of aldehydes is 1. The Labute approximate surface area is 341 Å². The van der Waals surface area contributed by atoms with Crippen molar-refractivity contribution in [2.45, 2.75) is 65.3 Å². The third-order valence-corrected chi connectivity index (χ3v) is 11.4. The van der Waals surface area contributed by atoms with Gasteiger partial charge in [0.2, 0.25) is 11.8 Å². The topological polar surface area (TPSA) is 159 Å². The van der Waals surface area contributed by atoms with E-state index in [-0.39, 0.29) is 55.3 Å². The standard InChI is InChI=1S/C46H44N8O5/c1-4-42-51-43(41-27-52(28(2)56)19-20-53(41)42)34-10-5-8-31-22-39(49-25-36(31)34)32-17-18-38(48-24-32)44(57)50-23-29-13-15-30(16-14-29)33-9-6-11-35-37(33)26-54(46(35)59)40(12-7-21-55)45(58)47-3/h5-6,8-11,13-18,21-22,24-25,40H,4,7,12,19-20,23,26-27H2,1-3H3,(H,47,58)(H,50,57). The second kappa shape index (κ2) is 16.5. The zero-order chi connectivity index (χ0) is 41.2. The monoisotopic (exact) mass is 788 g/mol. The van der Waals surface area contributed by atoms with Crippen molar-refractivity contribution in [2.75, 3.05) is 13.6 Å². The molecule has 2 aliphatic heterocycles. The van der Waals surface area contributed by atoms with Gasteiger partial charge in [-0.2, -0.15) is 0 Å². The minimum atomic E-state index is -0.740. The van der Waals surface area contributed by atoms with Crippen molar-refractivity contribution in [3.8, 4) is 33.6 Å². The molecule has 0 aliphatic carbocycles. The molecule has 3 aromatic carbocycles. The van der Waals surface area contributed by atoms with Gasteiger partial charge in [0, 0.05) is 87.5 Å². The van der Waals surface area contributed by atoms with Crippen LogP contribution in [0.25, 0.3) is 44.4 Å². The Morgan fingerprint density at radius 2 is 1.64 bits per heavy atom. The molecule has 0 spiro atoms. The maximum Gasteiger partial charge on any atom is 0.270 e. The molecule has 8 rings (SSSR count). The maximum atomic E-state index is 13.4. The summed E-state index contributed by atoms with van der Waals surface area (Å²) < 4.78 is 2.25. The number of nitrogens with one attached hydrogen (secondary N) is 2. The van der Waals surface area contributed by atoms with Gasteiger partial charge in [-0.25, -0.2) is 4.98 Å². The van der Waals surface area contributed by atoms with Crippen LogP contribution in [0.4, 0.5) is 0 Å². The number of aryl methyl sites for hydroxylation is 1. The summed E-state index contributed by atoms with van der Waals surface area (Å²) in [7, 11) is 1.52. The lowest BCUT2D eigenvalue weighted by molar-refractivity contribution is -0.130. The number of likely N-dealkylation sites (N-methyl/N-ethyl adjacent to an activating group) is 1. The number of benzene rings is 3. The van der Waals surface area contributed by atoms with Crippen LogP contribution < -0.4 is 10.6 Å². The van der Waals surface area contributed by atoms with Gasteiger partial charge in [-0.1, -0.05) is 61.5 Å². The maximum absolute atomic E-state index is 13.4. The number of nitrogens with zero attached hydrogens (tertiary/aromatic N) is 6. The average molecular weight is 789 g/mol. The Morgan fingerprint density at radius 1 is 0.881 bits per heavy atom. The molecule has 2 aliphatic rings. The molecule has 59 heavy (non-hydrogen) atoms. The van der Waals surface area contributed by atoms with E-state index in [0.717, 1.165) is 86.3 Å². The molecule has 298 valence electrons. The molecule has 5 heterocycles. The van der Waals surface area contributed by atoms with Gasteiger partial charge in [0.05, 0.1) is 23.6 Å². The minimum absolute atomic E-state index is 0.0550. The molecule has 3 aromatic heterocycles. The van der Waals surface area contributed by atoms with Crippen molar-refractivity contribution in [1.82, 2.24) is 40.0 Å². The quantitative estimate of drug-likeness (QED) is 0.149. The molecule has 0 fully saturated rings. The Kier molecular flexibility index (Phi) is 10.8. The second-order valence-electron chi connectivity index (χ2n) is 14.8. The number of carbonyl (C=O) groups excluding carboxylic acids is 5. The number of fused-ring (bicyclic) bond motifs is 3. The first kappa shape index (κ1) is 38.8. The van der Waals surface area contributed by atoms with E-state index in [1.54, 1.807) is 25.3 Å². The van der Waals surface area contributed by atoms with Gasteiger partial charge >= 0.3 is 0 Å². The normalized spacial score (nSPS) is 13.8. The summed E-state index contributed by atoms with van der Waals surface area (Å²) in [5.41, 5.74) is 8.72. The number of rotatable bonds is 12. The molecule has 0 bridgehead atoms. The Bertz CT molecular complexity index is 2620. The minimum Gasteiger partial charge on any atom is -0.357 e. The van der Waals surface area contributed by atoms with E-state index >= 15 is 0 Å². The number of hydrogen-bond donors (Lipinski definition) is 2. The van der Waals surface area contributed by atoms with Crippen LogP contribution in [-0.4, -0.2) is 78.9 Å². The lowest BCUT2D eigenvalue weighted by Crippen LogP contribution is -2.46. The van der Waals surface area contributed by atoms with Gasteiger partial charge in [0.25, 0.3) is 11.8 Å². The van der Waals surface area contributed by atoms with Crippen molar-refractivity contribution < 1.29 is 24.0 Å². The van der Waals surface area contributed by atoms with Crippen LogP contribution in [0, 0.1) is 0 Å². The van der Waals surface area contributed by atoms with Gasteiger partial charge in [0.1, 0.15) is 23.8 Å².